The van der Waals surface area contributed by atoms with Gasteiger partial charge in [0.2, 0.25) is 0 Å². The van der Waals surface area contributed by atoms with E-state index in [9.17, 15) is 4.79 Å². The first kappa shape index (κ1) is 18.7. The van der Waals surface area contributed by atoms with Crippen molar-refractivity contribution in [2.45, 2.75) is 20.3 Å². The van der Waals surface area contributed by atoms with Crippen LogP contribution in [0.4, 0.5) is 11.4 Å². The maximum absolute atomic E-state index is 12.6. The monoisotopic (exact) mass is 425 g/mol. The number of aryl methyl sites for hydroxylation is 2. The molecule has 0 aromatic heterocycles. The van der Waals surface area contributed by atoms with Gasteiger partial charge in [0.25, 0.3) is 5.91 Å². The highest BCUT2D eigenvalue weighted by Crippen LogP contribution is 2.28. The first-order chi connectivity index (χ1) is 11.3. The molecule has 0 heterocycles. The zero-order valence-corrected chi connectivity index (χ0v) is 16.4. The molecular weight excluding hydrogens is 410 g/mol. The van der Waals surface area contributed by atoms with Gasteiger partial charge in [-0.3, -0.25) is 4.79 Å². The van der Waals surface area contributed by atoms with Crippen LogP contribution in [0.2, 0.25) is 5.02 Å². The van der Waals surface area contributed by atoms with Gasteiger partial charge in [0.15, 0.2) is 5.11 Å². The van der Waals surface area contributed by atoms with Gasteiger partial charge in [0, 0.05) is 15.8 Å². The molecule has 24 heavy (non-hydrogen) atoms. The molecule has 0 spiro atoms. The normalized spacial score (nSPS) is 10.3. The Labute approximate surface area is 159 Å². The standard InChI is InChI=1S/C17H17BrClN3OS/c1-3-10-7-12(21-17(20)24)6-9(2)15(10)22-16(23)13-8-11(18)4-5-14(13)19/h4-8H,3H2,1-2H3,(H,22,23)(H3,20,21,24). The lowest BCUT2D eigenvalue weighted by molar-refractivity contribution is 0.102. The van der Waals surface area contributed by atoms with Crippen molar-refractivity contribution in [1.29, 1.82) is 0 Å². The molecule has 0 radical (unpaired) electrons. The quantitative estimate of drug-likeness (QED) is 0.609. The summed E-state index contributed by atoms with van der Waals surface area (Å²) in [6.45, 7) is 3.93. The van der Waals surface area contributed by atoms with E-state index in [0.717, 1.165) is 33.4 Å². The molecule has 0 bridgehead atoms. The Morgan fingerprint density at radius 2 is 2.00 bits per heavy atom. The van der Waals surface area contributed by atoms with Gasteiger partial charge >= 0.3 is 0 Å². The van der Waals surface area contributed by atoms with Crippen LogP contribution in [-0.2, 0) is 6.42 Å². The van der Waals surface area contributed by atoms with Gasteiger partial charge in [0.1, 0.15) is 0 Å². The van der Waals surface area contributed by atoms with Gasteiger partial charge in [0.05, 0.1) is 10.6 Å². The van der Waals surface area contributed by atoms with Crippen molar-refractivity contribution in [3.8, 4) is 0 Å². The number of rotatable bonds is 4. The molecule has 0 saturated heterocycles. The van der Waals surface area contributed by atoms with Crippen molar-refractivity contribution < 1.29 is 4.79 Å². The summed E-state index contributed by atoms with van der Waals surface area (Å²) in [7, 11) is 0. The predicted molar refractivity (Wildman–Crippen MR) is 108 cm³/mol. The smallest absolute Gasteiger partial charge is 0.257 e. The zero-order chi connectivity index (χ0) is 17.9. The van der Waals surface area contributed by atoms with E-state index in [1.54, 1.807) is 18.2 Å². The number of amides is 1. The number of nitrogens with one attached hydrogen (secondary N) is 2. The van der Waals surface area contributed by atoms with Gasteiger partial charge in [-0.1, -0.05) is 34.5 Å². The molecule has 0 aliphatic rings. The summed E-state index contributed by atoms with van der Waals surface area (Å²) in [5.74, 6) is -0.255. The zero-order valence-electron chi connectivity index (χ0n) is 13.2. The summed E-state index contributed by atoms with van der Waals surface area (Å²) >= 11 is 14.4. The minimum absolute atomic E-state index is 0.203. The average Bonchev–Trinajstić information content (AvgIpc) is 2.51. The number of halogens is 2. The molecule has 4 N–H and O–H groups in total. The largest absolute Gasteiger partial charge is 0.376 e. The van der Waals surface area contributed by atoms with Crippen LogP contribution in [0, 0.1) is 6.92 Å². The van der Waals surface area contributed by atoms with Crippen molar-refractivity contribution in [1.82, 2.24) is 0 Å². The molecule has 0 aliphatic carbocycles. The summed E-state index contributed by atoms with van der Waals surface area (Å²) in [5.41, 5.74) is 9.40. The van der Waals surface area contributed by atoms with Crippen molar-refractivity contribution in [3.05, 3.63) is 56.5 Å². The highest BCUT2D eigenvalue weighted by atomic mass is 79.9. The second-order valence-electron chi connectivity index (χ2n) is 5.25. The molecule has 0 aliphatic heterocycles. The second kappa shape index (κ2) is 7.96. The Bertz CT molecular complexity index is 811. The maximum Gasteiger partial charge on any atom is 0.257 e. The van der Waals surface area contributed by atoms with E-state index >= 15 is 0 Å². The van der Waals surface area contributed by atoms with Crippen LogP contribution in [0.5, 0.6) is 0 Å². The van der Waals surface area contributed by atoms with Gasteiger partial charge in [-0.2, -0.15) is 0 Å². The molecule has 4 nitrogen and oxygen atoms in total. The molecule has 0 saturated carbocycles. The minimum Gasteiger partial charge on any atom is -0.376 e. The highest BCUT2D eigenvalue weighted by molar-refractivity contribution is 9.10. The number of hydrogen-bond acceptors (Lipinski definition) is 2. The Kier molecular flexibility index (Phi) is 6.21. The van der Waals surface area contributed by atoms with Crippen molar-refractivity contribution in [3.63, 3.8) is 0 Å². The van der Waals surface area contributed by atoms with Crippen LogP contribution in [-0.4, -0.2) is 11.0 Å². The molecule has 126 valence electrons. The van der Waals surface area contributed by atoms with Crippen molar-refractivity contribution in [2.24, 2.45) is 5.73 Å². The van der Waals surface area contributed by atoms with E-state index in [4.69, 9.17) is 29.6 Å². The van der Waals surface area contributed by atoms with Crippen LogP contribution >= 0.6 is 39.7 Å². The van der Waals surface area contributed by atoms with Gasteiger partial charge in [-0.05, 0) is 67.0 Å². The molecule has 2 rings (SSSR count). The van der Waals surface area contributed by atoms with E-state index in [2.05, 4.69) is 26.6 Å². The lowest BCUT2D eigenvalue weighted by atomic mass is 10.0. The third-order valence-corrected chi connectivity index (χ3v) is 4.40. The number of carbonyl (C=O) groups excluding carboxylic acids is 1. The van der Waals surface area contributed by atoms with Crippen LogP contribution < -0.4 is 16.4 Å². The fourth-order valence-electron chi connectivity index (χ4n) is 2.38. The fourth-order valence-corrected chi connectivity index (χ4v) is 3.07. The lowest BCUT2D eigenvalue weighted by Gasteiger charge is -2.16. The summed E-state index contributed by atoms with van der Waals surface area (Å²) in [4.78, 5) is 12.6. The lowest BCUT2D eigenvalue weighted by Crippen LogP contribution is -2.20. The summed E-state index contributed by atoms with van der Waals surface area (Å²) in [6.07, 6.45) is 0.746. The van der Waals surface area contributed by atoms with Crippen LogP contribution in [0.1, 0.15) is 28.4 Å². The van der Waals surface area contributed by atoms with Crippen LogP contribution in [0.15, 0.2) is 34.8 Å². The number of nitrogens with two attached hydrogens (primary N) is 1. The van der Waals surface area contributed by atoms with E-state index < -0.39 is 0 Å². The van der Waals surface area contributed by atoms with E-state index in [-0.39, 0.29) is 11.0 Å². The molecular formula is C17H17BrClN3OS. The Morgan fingerprint density at radius 3 is 2.62 bits per heavy atom. The summed E-state index contributed by atoms with van der Waals surface area (Å²) in [6, 6.07) is 8.98. The fraction of sp³-hybridized carbons (Fsp3) is 0.176. The molecule has 0 unspecified atom stereocenters. The predicted octanol–water partition coefficient (Wildman–Crippen LogP) is 4.88. The molecule has 2 aromatic rings. The third kappa shape index (κ3) is 4.47. The number of anilines is 2. The number of carbonyl (C=O) groups is 1. The maximum atomic E-state index is 12.6. The molecule has 0 atom stereocenters. The van der Waals surface area contributed by atoms with Gasteiger partial charge in [-0.15, -0.1) is 0 Å². The van der Waals surface area contributed by atoms with Gasteiger partial charge < -0.3 is 16.4 Å². The molecule has 7 heteroatoms. The number of thiocarbonyl (C=S) groups is 1. The number of benzene rings is 2. The van der Waals surface area contributed by atoms with Crippen LogP contribution in [0.3, 0.4) is 0 Å². The first-order valence-electron chi connectivity index (χ1n) is 7.28. The van der Waals surface area contributed by atoms with E-state index in [1.165, 1.54) is 0 Å². The molecule has 1 amide bonds. The van der Waals surface area contributed by atoms with Crippen molar-refractivity contribution in [2.75, 3.05) is 10.6 Å². The van der Waals surface area contributed by atoms with Crippen molar-refractivity contribution >= 4 is 62.1 Å². The van der Waals surface area contributed by atoms with Gasteiger partial charge in [-0.25, -0.2) is 0 Å². The second-order valence-corrected chi connectivity index (χ2v) is 7.01. The topological polar surface area (TPSA) is 67.2 Å². The summed E-state index contributed by atoms with van der Waals surface area (Å²) in [5, 5.41) is 6.48. The average molecular weight is 427 g/mol. The van der Waals surface area contributed by atoms with E-state index in [0.29, 0.717) is 10.6 Å². The highest BCUT2D eigenvalue weighted by Gasteiger charge is 2.15. The minimum atomic E-state index is -0.255. The Hall–Kier alpha value is -1.63. The number of hydrogen-bond donors (Lipinski definition) is 3. The summed E-state index contributed by atoms with van der Waals surface area (Å²) < 4.78 is 0.792. The Morgan fingerprint density at radius 1 is 1.29 bits per heavy atom. The molecule has 0 fully saturated rings. The SMILES string of the molecule is CCc1cc(NC(N)=S)cc(C)c1NC(=O)c1cc(Br)ccc1Cl. The first-order valence-corrected chi connectivity index (χ1v) is 8.86. The third-order valence-electron chi connectivity index (χ3n) is 3.48. The van der Waals surface area contributed by atoms with E-state index in [1.807, 2.05) is 26.0 Å². The molecule has 2 aromatic carbocycles. The Balaban J connectivity index is 2.36. The van der Waals surface area contributed by atoms with Crippen LogP contribution in [0.25, 0.3) is 0 Å².